The van der Waals surface area contributed by atoms with Gasteiger partial charge in [-0.25, -0.2) is 0 Å². The second-order valence-corrected chi connectivity index (χ2v) is 6.29. The lowest BCUT2D eigenvalue weighted by Gasteiger charge is -2.28. The molecule has 1 aliphatic carbocycles. The quantitative estimate of drug-likeness (QED) is 0.844. The first-order valence-corrected chi connectivity index (χ1v) is 7.85. The second-order valence-electron chi connectivity index (χ2n) is 6.29. The minimum Gasteiger partial charge on any atom is -0.313 e. The number of rotatable bonds is 6. The maximum absolute atomic E-state index is 3.64. The van der Waals surface area contributed by atoms with Gasteiger partial charge in [-0.3, -0.25) is 4.90 Å². The Morgan fingerprint density at radius 2 is 2.00 bits per heavy atom. The molecule has 1 aliphatic heterocycles. The Balaban J connectivity index is 1.58. The zero-order valence-electron chi connectivity index (χ0n) is 12.0. The summed E-state index contributed by atoms with van der Waals surface area (Å²) in [5.74, 6) is 0.642. The van der Waals surface area contributed by atoms with Crippen LogP contribution in [0.4, 0.5) is 0 Å². The van der Waals surface area contributed by atoms with Crippen LogP contribution in [0.1, 0.15) is 44.1 Å². The highest BCUT2D eigenvalue weighted by Gasteiger charge is 2.32. The molecule has 1 aromatic rings. The standard InChI is InChI=1S/C17H26N2/c1-14(15-6-3-2-4-7-15)12-19(17-9-10-17)13-16-8-5-11-18-16/h2-4,6-7,14,16-18H,5,8-13H2,1H3. The summed E-state index contributed by atoms with van der Waals surface area (Å²) in [4.78, 5) is 2.74. The molecule has 0 spiro atoms. The van der Waals surface area contributed by atoms with Crippen molar-refractivity contribution in [3.63, 3.8) is 0 Å². The Kier molecular flexibility index (Phi) is 4.19. The summed E-state index contributed by atoms with van der Waals surface area (Å²) in [6.45, 7) is 6.05. The van der Waals surface area contributed by atoms with Crippen molar-refractivity contribution in [1.82, 2.24) is 10.2 Å². The molecular formula is C17H26N2. The topological polar surface area (TPSA) is 15.3 Å². The smallest absolute Gasteiger partial charge is 0.0195 e. The molecule has 2 atom stereocenters. The summed E-state index contributed by atoms with van der Waals surface area (Å²) in [6, 6.07) is 12.6. The average molecular weight is 258 g/mol. The SMILES string of the molecule is CC(CN(CC1CCCN1)C1CC1)c1ccccc1. The van der Waals surface area contributed by atoms with Gasteiger partial charge >= 0.3 is 0 Å². The summed E-state index contributed by atoms with van der Waals surface area (Å²) >= 11 is 0. The van der Waals surface area contributed by atoms with Gasteiger partial charge in [-0.15, -0.1) is 0 Å². The molecule has 2 aliphatic rings. The Hall–Kier alpha value is -0.860. The van der Waals surface area contributed by atoms with E-state index in [-0.39, 0.29) is 0 Å². The van der Waals surface area contributed by atoms with Gasteiger partial charge < -0.3 is 5.32 Å². The first kappa shape index (κ1) is 13.1. The van der Waals surface area contributed by atoms with E-state index in [1.165, 1.54) is 50.9 Å². The van der Waals surface area contributed by atoms with Crippen molar-refractivity contribution in [3.8, 4) is 0 Å². The van der Waals surface area contributed by atoms with Crippen LogP contribution in [0.15, 0.2) is 30.3 Å². The first-order chi connectivity index (χ1) is 9.33. The fraction of sp³-hybridized carbons (Fsp3) is 0.647. The van der Waals surface area contributed by atoms with Gasteiger partial charge in [0.05, 0.1) is 0 Å². The number of benzene rings is 1. The highest BCUT2D eigenvalue weighted by Crippen LogP contribution is 2.30. The van der Waals surface area contributed by atoms with Gasteiger partial charge in [-0.2, -0.15) is 0 Å². The Morgan fingerprint density at radius 1 is 1.21 bits per heavy atom. The van der Waals surface area contributed by atoms with Crippen molar-refractivity contribution >= 4 is 0 Å². The van der Waals surface area contributed by atoms with E-state index in [2.05, 4.69) is 47.5 Å². The lowest BCUT2D eigenvalue weighted by atomic mass is 10.0. The van der Waals surface area contributed by atoms with Gasteiger partial charge in [0.15, 0.2) is 0 Å². The lowest BCUT2D eigenvalue weighted by Crippen LogP contribution is -2.40. The minimum absolute atomic E-state index is 0.642. The Morgan fingerprint density at radius 3 is 2.63 bits per heavy atom. The molecule has 104 valence electrons. The second kappa shape index (κ2) is 6.06. The first-order valence-electron chi connectivity index (χ1n) is 7.85. The largest absolute Gasteiger partial charge is 0.313 e. The summed E-state index contributed by atoms with van der Waals surface area (Å²) in [7, 11) is 0. The highest BCUT2D eigenvalue weighted by molar-refractivity contribution is 5.19. The van der Waals surface area contributed by atoms with Crippen molar-refractivity contribution in [3.05, 3.63) is 35.9 Å². The molecule has 19 heavy (non-hydrogen) atoms. The van der Waals surface area contributed by atoms with Gasteiger partial charge in [0.25, 0.3) is 0 Å². The molecule has 1 saturated heterocycles. The van der Waals surface area contributed by atoms with E-state index in [4.69, 9.17) is 0 Å². The summed E-state index contributed by atoms with van der Waals surface area (Å²) < 4.78 is 0. The zero-order valence-corrected chi connectivity index (χ0v) is 12.0. The molecule has 1 aromatic carbocycles. The third kappa shape index (κ3) is 3.58. The number of nitrogens with zero attached hydrogens (tertiary/aromatic N) is 1. The fourth-order valence-corrected chi connectivity index (χ4v) is 3.25. The van der Waals surface area contributed by atoms with E-state index in [1.54, 1.807) is 0 Å². The summed E-state index contributed by atoms with van der Waals surface area (Å²) in [5, 5.41) is 3.64. The highest BCUT2D eigenvalue weighted by atomic mass is 15.2. The van der Waals surface area contributed by atoms with Crippen LogP contribution in [0, 0.1) is 0 Å². The minimum atomic E-state index is 0.642. The molecule has 0 radical (unpaired) electrons. The molecule has 2 unspecified atom stereocenters. The summed E-state index contributed by atoms with van der Waals surface area (Å²) in [6.07, 6.45) is 5.54. The van der Waals surface area contributed by atoms with Crippen LogP contribution in [0.2, 0.25) is 0 Å². The normalized spacial score (nSPS) is 24.8. The summed E-state index contributed by atoms with van der Waals surface area (Å²) in [5.41, 5.74) is 1.48. The van der Waals surface area contributed by atoms with Crippen LogP contribution < -0.4 is 5.32 Å². The maximum atomic E-state index is 3.64. The molecule has 2 heteroatoms. The van der Waals surface area contributed by atoms with E-state index >= 15 is 0 Å². The Bertz CT molecular complexity index is 380. The van der Waals surface area contributed by atoms with Gasteiger partial charge in [0, 0.05) is 25.2 Å². The Labute approximate surface area is 117 Å². The molecule has 0 aromatic heterocycles. The average Bonchev–Trinajstić information content (AvgIpc) is 3.17. The van der Waals surface area contributed by atoms with E-state index < -0.39 is 0 Å². The van der Waals surface area contributed by atoms with Gasteiger partial charge in [-0.05, 0) is 43.7 Å². The van der Waals surface area contributed by atoms with Crippen LogP contribution in [-0.2, 0) is 0 Å². The van der Waals surface area contributed by atoms with E-state index in [0.717, 1.165) is 12.1 Å². The van der Waals surface area contributed by atoms with Crippen LogP contribution in [0.3, 0.4) is 0 Å². The van der Waals surface area contributed by atoms with Crippen LogP contribution >= 0.6 is 0 Å². The molecule has 0 amide bonds. The van der Waals surface area contributed by atoms with Crippen molar-refractivity contribution < 1.29 is 0 Å². The van der Waals surface area contributed by atoms with E-state index in [0.29, 0.717) is 5.92 Å². The molecule has 1 N–H and O–H groups in total. The molecule has 1 saturated carbocycles. The monoisotopic (exact) mass is 258 g/mol. The third-order valence-corrected chi connectivity index (χ3v) is 4.56. The van der Waals surface area contributed by atoms with Crippen molar-refractivity contribution in [2.45, 2.75) is 50.6 Å². The van der Waals surface area contributed by atoms with E-state index in [9.17, 15) is 0 Å². The predicted octanol–water partition coefficient (Wildman–Crippen LogP) is 3.01. The van der Waals surface area contributed by atoms with Gasteiger partial charge in [-0.1, -0.05) is 37.3 Å². The maximum Gasteiger partial charge on any atom is 0.0195 e. The predicted molar refractivity (Wildman–Crippen MR) is 80.5 cm³/mol. The van der Waals surface area contributed by atoms with Crippen molar-refractivity contribution in [1.29, 1.82) is 0 Å². The third-order valence-electron chi connectivity index (χ3n) is 4.56. The fourth-order valence-electron chi connectivity index (χ4n) is 3.25. The van der Waals surface area contributed by atoms with Gasteiger partial charge in [0.2, 0.25) is 0 Å². The zero-order chi connectivity index (χ0) is 13.1. The lowest BCUT2D eigenvalue weighted by molar-refractivity contribution is 0.228. The van der Waals surface area contributed by atoms with Crippen LogP contribution in [0.25, 0.3) is 0 Å². The van der Waals surface area contributed by atoms with Crippen LogP contribution in [0.5, 0.6) is 0 Å². The van der Waals surface area contributed by atoms with E-state index in [1.807, 2.05) is 0 Å². The molecule has 1 heterocycles. The number of hydrogen-bond acceptors (Lipinski definition) is 2. The van der Waals surface area contributed by atoms with Gasteiger partial charge in [0.1, 0.15) is 0 Å². The van der Waals surface area contributed by atoms with Crippen molar-refractivity contribution in [2.24, 2.45) is 0 Å². The molecule has 2 fully saturated rings. The molecular weight excluding hydrogens is 232 g/mol. The van der Waals surface area contributed by atoms with Crippen LogP contribution in [-0.4, -0.2) is 36.6 Å². The molecule has 2 nitrogen and oxygen atoms in total. The molecule has 0 bridgehead atoms. The van der Waals surface area contributed by atoms with Crippen molar-refractivity contribution in [2.75, 3.05) is 19.6 Å². The molecule has 3 rings (SSSR count). The number of hydrogen-bond donors (Lipinski definition) is 1. The number of nitrogens with one attached hydrogen (secondary N) is 1.